The van der Waals surface area contributed by atoms with Crippen molar-refractivity contribution < 1.29 is 9.90 Å². The van der Waals surface area contributed by atoms with E-state index in [0.717, 1.165) is 26.9 Å². The van der Waals surface area contributed by atoms with Gasteiger partial charge in [0.2, 0.25) is 0 Å². The Morgan fingerprint density at radius 2 is 1.90 bits per heavy atom. The summed E-state index contributed by atoms with van der Waals surface area (Å²) in [7, 11) is 0. The van der Waals surface area contributed by atoms with Crippen LogP contribution in [0.4, 0.5) is 5.69 Å². The van der Waals surface area contributed by atoms with Crippen LogP contribution < -0.4 is 5.32 Å². The van der Waals surface area contributed by atoms with E-state index in [-0.39, 0.29) is 6.42 Å². The fraction of sp³-hybridized carbons (Fsp3) is 0.188. The average Bonchev–Trinajstić information content (AvgIpc) is 2.39. The monoisotopic (exact) mass is 333 g/mol. The van der Waals surface area contributed by atoms with Gasteiger partial charge in [0.05, 0.1) is 6.42 Å². The topological polar surface area (TPSA) is 49.3 Å². The van der Waals surface area contributed by atoms with Gasteiger partial charge in [-0.1, -0.05) is 40.2 Å². The van der Waals surface area contributed by atoms with Gasteiger partial charge >= 0.3 is 5.97 Å². The minimum absolute atomic E-state index is 0.0528. The maximum absolute atomic E-state index is 10.9. The van der Waals surface area contributed by atoms with Crippen LogP contribution in [0.25, 0.3) is 0 Å². The van der Waals surface area contributed by atoms with Crippen LogP contribution in [0.2, 0.25) is 0 Å². The number of rotatable bonds is 5. The largest absolute Gasteiger partial charge is 0.481 e. The predicted molar refractivity (Wildman–Crippen MR) is 84.0 cm³/mol. The van der Waals surface area contributed by atoms with Gasteiger partial charge in [-0.3, -0.25) is 4.79 Å². The number of carboxylic acids is 1. The molecule has 2 aromatic rings. The quantitative estimate of drug-likeness (QED) is 0.869. The third-order valence-electron chi connectivity index (χ3n) is 3.12. The first-order valence-electron chi connectivity index (χ1n) is 6.35. The van der Waals surface area contributed by atoms with E-state index in [9.17, 15) is 4.79 Å². The highest BCUT2D eigenvalue weighted by Crippen LogP contribution is 2.21. The molecule has 0 amide bonds. The second kappa shape index (κ2) is 6.57. The van der Waals surface area contributed by atoms with E-state index in [2.05, 4.69) is 21.2 Å². The molecule has 0 unspecified atom stereocenters. The number of hydrogen-bond acceptors (Lipinski definition) is 2. The van der Waals surface area contributed by atoms with E-state index in [1.807, 2.05) is 49.4 Å². The molecule has 0 bridgehead atoms. The summed E-state index contributed by atoms with van der Waals surface area (Å²) in [6, 6.07) is 13.7. The highest BCUT2D eigenvalue weighted by molar-refractivity contribution is 9.10. The number of aryl methyl sites for hydroxylation is 1. The number of aliphatic carboxylic acids is 1. The van der Waals surface area contributed by atoms with Crippen molar-refractivity contribution >= 4 is 27.6 Å². The van der Waals surface area contributed by atoms with Crippen LogP contribution in [0.3, 0.4) is 0 Å². The normalized spacial score (nSPS) is 10.3. The Labute approximate surface area is 126 Å². The molecule has 4 heteroatoms. The fourth-order valence-corrected chi connectivity index (χ4v) is 2.56. The first kappa shape index (κ1) is 14.6. The molecule has 0 radical (unpaired) electrons. The van der Waals surface area contributed by atoms with Crippen LogP contribution in [0.15, 0.2) is 46.9 Å². The summed E-state index contributed by atoms with van der Waals surface area (Å²) < 4.78 is 1.05. The van der Waals surface area contributed by atoms with Gasteiger partial charge in [-0.2, -0.15) is 0 Å². The Kier molecular flexibility index (Phi) is 4.79. The van der Waals surface area contributed by atoms with Crippen molar-refractivity contribution in [3.05, 3.63) is 63.6 Å². The first-order chi connectivity index (χ1) is 9.56. The molecule has 0 heterocycles. The minimum atomic E-state index is -0.808. The fourth-order valence-electron chi connectivity index (χ4n) is 2.08. The summed E-state index contributed by atoms with van der Waals surface area (Å²) in [4.78, 5) is 10.9. The number of carbonyl (C=O) groups is 1. The second-order valence-corrected chi connectivity index (χ2v) is 5.57. The molecule has 0 spiro atoms. The van der Waals surface area contributed by atoms with Crippen molar-refractivity contribution in [3.8, 4) is 0 Å². The SMILES string of the molecule is Cc1cc(Br)ccc1NCc1ccccc1CC(=O)O. The molecular formula is C16H16BrNO2. The zero-order chi connectivity index (χ0) is 14.5. The van der Waals surface area contributed by atoms with Crippen molar-refractivity contribution in [2.75, 3.05) is 5.32 Å². The standard InChI is InChI=1S/C16H16BrNO2/c1-11-8-14(17)6-7-15(11)18-10-13-5-3-2-4-12(13)9-16(19)20/h2-8,18H,9-10H2,1H3,(H,19,20). The molecule has 20 heavy (non-hydrogen) atoms. The maximum Gasteiger partial charge on any atom is 0.307 e. The molecule has 0 aromatic heterocycles. The minimum Gasteiger partial charge on any atom is -0.481 e. The molecule has 0 aliphatic heterocycles. The number of benzene rings is 2. The number of hydrogen-bond donors (Lipinski definition) is 2. The molecule has 0 aliphatic rings. The molecule has 0 saturated heterocycles. The zero-order valence-electron chi connectivity index (χ0n) is 11.2. The Morgan fingerprint density at radius 3 is 2.55 bits per heavy atom. The van der Waals surface area contributed by atoms with Crippen molar-refractivity contribution in [1.29, 1.82) is 0 Å². The molecular weight excluding hydrogens is 318 g/mol. The van der Waals surface area contributed by atoms with Gasteiger partial charge < -0.3 is 10.4 Å². The first-order valence-corrected chi connectivity index (χ1v) is 7.14. The number of nitrogens with one attached hydrogen (secondary N) is 1. The zero-order valence-corrected chi connectivity index (χ0v) is 12.8. The Hall–Kier alpha value is -1.81. The summed E-state index contributed by atoms with van der Waals surface area (Å²) in [5.41, 5.74) is 4.06. The summed E-state index contributed by atoms with van der Waals surface area (Å²) in [5, 5.41) is 12.3. The lowest BCUT2D eigenvalue weighted by molar-refractivity contribution is -0.136. The highest BCUT2D eigenvalue weighted by atomic mass is 79.9. The van der Waals surface area contributed by atoms with Gasteiger partial charge in [0.1, 0.15) is 0 Å². The third kappa shape index (κ3) is 3.84. The lowest BCUT2D eigenvalue weighted by Gasteiger charge is -2.12. The summed E-state index contributed by atoms with van der Waals surface area (Å²) in [6.45, 7) is 2.65. The highest BCUT2D eigenvalue weighted by Gasteiger charge is 2.06. The maximum atomic E-state index is 10.9. The predicted octanol–water partition coefficient (Wildman–Crippen LogP) is 4.00. The number of halogens is 1. The van der Waals surface area contributed by atoms with Gasteiger partial charge in [-0.25, -0.2) is 0 Å². The van der Waals surface area contributed by atoms with Gasteiger partial charge in [-0.15, -0.1) is 0 Å². The molecule has 0 atom stereocenters. The van der Waals surface area contributed by atoms with Crippen molar-refractivity contribution in [3.63, 3.8) is 0 Å². The average molecular weight is 334 g/mol. The number of anilines is 1. The van der Waals surface area contributed by atoms with Crippen LogP contribution in [0, 0.1) is 6.92 Å². The molecule has 2 N–H and O–H groups in total. The molecule has 2 aromatic carbocycles. The summed E-state index contributed by atoms with van der Waals surface area (Å²) in [6.07, 6.45) is 0.0528. The van der Waals surface area contributed by atoms with Crippen molar-refractivity contribution in [1.82, 2.24) is 0 Å². The van der Waals surface area contributed by atoms with E-state index in [1.54, 1.807) is 0 Å². The van der Waals surface area contributed by atoms with E-state index in [1.165, 1.54) is 0 Å². The van der Waals surface area contributed by atoms with Crippen LogP contribution in [-0.2, 0) is 17.8 Å². The third-order valence-corrected chi connectivity index (χ3v) is 3.61. The number of carboxylic acid groups (broad SMARTS) is 1. The lowest BCUT2D eigenvalue weighted by Crippen LogP contribution is -2.07. The molecule has 2 rings (SSSR count). The Morgan fingerprint density at radius 1 is 1.20 bits per heavy atom. The van der Waals surface area contributed by atoms with Crippen LogP contribution in [-0.4, -0.2) is 11.1 Å². The van der Waals surface area contributed by atoms with E-state index < -0.39 is 5.97 Å². The molecule has 104 valence electrons. The van der Waals surface area contributed by atoms with Crippen molar-refractivity contribution in [2.24, 2.45) is 0 Å². The van der Waals surface area contributed by atoms with E-state index in [0.29, 0.717) is 6.54 Å². The van der Waals surface area contributed by atoms with E-state index in [4.69, 9.17) is 5.11 Å². The second-order valence-electron chi connectivity index (χ2n) is 4.65. The van der Waals surface area contributed by atoms with Gasteiger partial charge in [0.15, 0.2) is 0 Å². The van der Waals surface area contributed by atoms with Crippen LogP contribution >= 0.6 is 15.9 Å². The molecule has 0 aliphatic carbocycles. The van der Waals surface area contributed by atoms with Crippen molar-refractivity contribution in [2.45, 2.75) is 19.9 Å². The molecule has 0 saturated carbocycles. The smallest absolute Gasteiger partial charge is 0.307 e. The van der Waals surface area contributed by atoms with Gasteiger partial charge in [0.25, 0.3) is 0 Å². The van der Waals surface area contributed by atoms with Gasteiger partial charge in [0, 0.05) is 16.7 Å². The summed E-state index contributed by atoms with van der Waals surface area (Å²) in [5.74, 6) is -0.808. The molecule has 0 fully saturated rings. The summed E-state index contributed by atoms with van der Waals surface area (Å²) >= 11 is 3.44. The Balaban J connectivity index is 2.12. The van der Waals surface area contributed by atoms with Crippen LogP contribution in [0.1, 0.15) is 16.7 Å². The Bertz CT molecular complexity index is 626. The van der Waals surface area contributed by atoms with E-state index >= 15 is 0 Å². The van der Waals surface area contributed by atoms with Crippen LogP contribution in [0.5, 0.6) is 0 Å². The lowest BCUT2D eigenvalue weighted by atomic mass is 10.0. The van der Waals surface area contributed by atoms with Gasteiger partial charge in [-0.05, 0) is 41.8 Å². The molecule has 3 nitrogen and oxygen atoms in total.